The molecule has 0 saturated heterocycles. The molecule has 0 spiro atoms. The second kappa shape index (κ2) is 8.27. The Labute approximate surface area is 157 Å². The standard InChI is InChI=1S/C20H22N2O3S/c1-22(12-14-3-7-17(26-2)8-4-14)20(24)13-25-16-6-9-18-15(11-16)5-10-19(23)21-18/h3-4,6-9,11H,5,10,12-13H2,1-2H3,(H,21,23). The van der Waals surface area contributed by atoms with Gasteiger partial charge in [0.25, 0.3) is 5.91 Å². The molecule has 2 amide bonds. The van der Waals surface area contributed by atoms with Gasteiger partial charge in [0.05, 0.1) is 0 Å². The summed E-state index contributed by atoms with van der Waals surface area (Å²) < 4.78 is 5.65. The Kier molecular flexibility index (Phi) is 5.83. The largest absolute Gasteiger partial charge is 0.484 e. The first-order chi connectivity index (χ1) is 12.5. The predicted octanol–water partition coefficient (Wildman–Crippen LogP) is 3.33. The van der Waals surface area contributed by atoms with Gasteiger partial charge in [-0.3, -0.25) is 9.59 Å². The molecule has 0 aromatic heterocycles. The number of ether oxygens (including phenoxy) is 1. The minimum absolute atomic E-state index is 0.00938. The zero-order valence-electron chi connectivity index (χ0n) is 15.0. The van der Waals surface area contributed by atoms with Gasteiger partial charge in [-0.2, -0.15) is 0 Å². The Balaban J connectivity index is 1.53. The van der Waals surface area contributed by atoms with E-state index in [0.29, 0.717) is 25.1 Å². The highest BCUT2D eigenvalue weighted by atomic mass is 32.2. The van der Waals surface area contributed by atoms with Crippen LogP contribution < -0.4 is 10.1 Å². The van der Waals surface area contributed by atoms with Crippen molar-refractivity contribution < 1.29 is 14.3 Å². The quantitative estimate of drug-likeness (QED) is 0.793. The van der Waals surface area contributed by atoms with E-state index in [9.17, 15) is 9.59 Å². The zero-order valence-corrected chi connectivity index (χ0v) is 15.8. The second-order valence-corrected chi connectivity index (χ2v) is 7.13. The van der Waals surface area contributed by atoms with Gasteiger partial charge in [0.15, 0.2) is 6.61 Å². The fourth-order valence-corrected chi connectivity index (χ4v) is 3.21. The van der Waals surface area contributed by atoms with Crippen molar-refractivity contribution in [2.24, 2.45) is 0 Å². The number of amides is 2. The highest BCUT2D eigenvalue weighted by Gasteiger charge is 2.16. The monoisotopic (exact) mass is 370 g/mol. The van der Waals surface area contributed by atoms with Gasteiger partial charge in [0.2, 0.25) is 5.91 Å². The van der Waals surface area contributed by atoms with Gasteiger partial charge >= 0.3 is 0 Å². The number of anilines is 1. The number of nitrogens with one attached hydrogen (secondary N) is 1. The molecule has 3 rings (SSSR count). The number of hydrogen-bond acceptors (Lipinski definition) is 4. The summed E-state index contributed by atoms with van der Waals surface area (Å²) in [6, 6.07) is 13.7. The van der Waals surface area contributed by atoms with E-state index >= 15 is 0 Å². The lowest BCUT2D eigenvalue weighted by Gasteiger charge is -2.19. The van der Waals surface area contributed by atoms with E-state index < -0.39 is 0 Å². The van der Waals surface area contributed by atoms with Crippen LogP contribution in [0.4, 0.5) is 5.69 Å². The molecule has 1 N–H and O–H groups in total. The van der Waals surface area contributed by atoms with Crippen LogP contribution in [0.3, 0.4) is 0 Å². The minimum Gasteiger partial charge on any atom is -0.484 e. The van der Waals surface area contributed by atoms with Crippen molar-refractivity contribution in [3.05, 3.63) is 53.6 Å². The molecule has 1 heterocycles. The Bertz CT molecular complexity index is 805. The van der Waals surface area contributed by atoms with E-state index in [1.165, 1.54) is 4.90 Å². The number of benzene rings is 2. The van der Waals surface area contributed by atoms with Crippen LogP contribution in [-0.4, -0.2) is 36.6 Å². The van der Waals surface area contributed by atoms with Crippen LogP contribution in [0.1, 0.15) is 17.5 Å². The molecule has 5 nitrogen and oxygen atoms in total. The summed E-state index contributed by atoms with van der Waals surface area (Å²) in [7, 11) is 1.77. The topological polar surface area (TPSA) is 58.6 Å². The van der Waals surface area contributed by atoms with Gasteiger partial charge in [-0.1, -0.05) is 12.1 Å². The van der Waals surface area contributed by atoms with E-state index in [2.05, 4.69) is 17.4 Å². The Morgan fingerprint density at radius 3 is 2.69 bits per heavy atom. The molecule has 0 saturated carbocycles. The van der Waals surface area contributed by atoms with Crippen molar-refractivity contribution in [2.45, 2.75) is 24.3 Å². The molecule has 0 atom stereocenters. The van der Waals surface area contributed by atoms with Crippen molar-refractivity contribution in [1.29, 1.82) is 0 Å². The molecule has 136 valence electrons. The molecular weight excluding hydrogens is 348 g/mol. The zero-order chi connectivity index (χ0) is 18.5. The summed E-state index contributed by atoms with van der Waals surface area (Å²) in [6.07, 6.45) is 3.21. The van der Waals surface area contributed by atoms with Crippen molar-refractivity contribution in [3.8, 4) is 5.75 Å². The Hall–Kier alpha value is -2.47. The number of thioether (sulfide) groups is 1. The summed E-state index contributed by atoms with van der Waals surface area (Å²) in [5.41, 5.74) is 2.95. The predicted molar refractivity (Wildman–Crippen MR) is 104 cm³/mol. The van der Waals surface area contributed by atoms with Gasteiger partial charge < -0.3 is 15.0 Å². The maximum atomic E-state index is 12.3. The highest BCUT2D eigenvalue weighted by Crippen LogP contribution is 2.26. The van der Waals surface area contributed by atoms with Gasteiger partial charge in [-0.05, 0) is 54.1 Å². The molecule has 0 bridgehead atoms. The number of likely N-dealkylation sites (N-methyl/N-ethyl adjacent to an activating group) is 1. The number of carbonyl (C=O) groups is 2. The van der Waals surface area contributed by atoms with Gasteiger partial charge in [0, 0.05) is 30.6 Å². The first-order valence-corrected chi connectivity index (χ1v) is 9.70. The molecule has 1 aliphatic rings. The highest BCUT2D eigenvalue weighted by molar-refractivity contribution is 7.98. The molecule has 26 heavy (non-hydrogen) atoms. The van der Waals surface area contributed by atoms with Gasteiger partial charge in [-0.15, -0.1) is 11.8 Å². The summed E-state index contributed by atoms with van der Waals surface area (Å²) in [5, 5.41) is 2.83. The van der Waals surface area contributed by atoms with Crippen LogP contribution in [0.5, 0.6) is 5.75 Å². The average Bonchev–Trinajstić information content (AvgIpc) is 2.66. The number of fused-ring (bicyclic) bond motifs is 1. The van der Waals surface area contributed by atoms with Gasteiger partial charge in [-0.25, -0.2) is 0 Å². The lowest BCUT2D eigenvalue weighted by Crippen LogP contribution is -2.31. The van der Waals surface area contributed by atoms with E-state index in [0.717, 1.165) is 16.8 Å². The molecule has 1 aliphatic heterocycles. The third-order valence-corrected chi connectivity index (χ3v) is 5.08. The van der Waals surface area contributed by atoms with Crippen LogP contribution in [-0.2, 0) is 22.6 Å². The first kappa shape index (κ1) is 18.3. The third-order valence-electron chi connectivity index (χ3n) is 4.34. The second-order valence-electron chi connectivity index (χ2n) is 6.25. The van der Waals surface area contributed by atoms with E-state index in [1.54, 1.807) is 29.8 Å². The van der Waals surface area contributed by atoms with Crippen LogP contribution in [0.25, 0.3) is 0 Å². The smallest absolute Gasteiger partial charge is 0.260 e. The van der Waals surface area contributed by atoms with Crippen LogP contribution in [0.15, 0.2) is 47.4 Å². The molecule has 2 aromatic rings. The summed E-state index contributed by atoms with van der Waals surface area (Å²) in [6.45, 7) is 0.539. The van der Waals surface area contributed by atoms with Crippen molar-refractivity contribution in [2.75, 3.05) is 25.2 Å². The average molecular weight is 370 g/mol. The maximum Gasteiger partial charge on any atom is 0.260 e. The summed E-state index contributed by atoms with van der Waals surface area (Å²) >= 11 is 1.69. The van der Waals surface area contributed by atoms with Gasteiger partial charge in [0.1, 0.15) is 5.75 Å². The summed E-state index contributed by atoms with van der Waals surface area (Å²) in [4.78, 5) is 26.6. The lowest BCUT2D eigenvalue weighted by atomic mass is 10.0. The SMILES string of the molecule is CSc1ccc(CN(C)C(=O)COc2ccc3c(c2)CCC(=O)N3)cc1. The maximum absolute atomic E-state index is 12.3. The van der Waals surface area contributed by atoms with Crippen LogP contribution in [0.2, 0.25) is 0 Å². The van der Waals surface area contributed by atoms with E-state index in [4.69, 9.17) is 4.74 Å². The van der Waals surface area contributed by atoms with Crippen molar-refractivity contribution >= 4 is 29.3 Å². The number of carbonyl (C=O) groups excluding carboxylic acids is 2. The Morgan fingerprint density at radius 2 is 1.96 bits per heavy atom. The molecule has 0 radical (unpaired) electrons. The lowest BCUT2D eigenvalue weighted by molar-refractivity contribution is -0.132. The fourth-order valence-electron chi connectivity index (χ4n) is 2.80. The van der Waals surface area contributed by atoms with E-state index in [1.807, 2.05) is 30.5 Å². The first-order valence-electron chi connectivity index (χ1n) is 8.47. The molecular formula is C20H22N2O3S. The van der Waals surface area contributed by atoms with Crippen LogP contribution >= 0.6 is 11.8 Å². The Morgan fingerprint density at radius 1 is 1.19 bits per heavy atom. The molecule has 2 aromatic carbocycles. The fraction of sp³-hybridized carbons (Fsp3) is 0.300. The molecule has 6 heteroatoms. The normalized spacial score (nSPS) is 12.9. The minimum atomic E-state index is -0.0787. The summed E-state index contributed by atoms with van der Waals surface area (Å²) in [5.74, 6) is 0.601. The number of nitrogens with zero attached hydrogens (tertiary/aromatic N) is 1. The van der Waals surface area contributed by atoms with E-state index in [-0.39, 0.29) is 18.4 Å². The third kappa shape index (κ3) is 4.58. The van der Waals surface area contributed by atoms with Crippen LogP contribution in [0, 0.1) is 0 Å². The van der Waals surface area contributed by atoms with Crippen molar-refractivity contribution in [1.82, 2.24) is 4.90 Å². The number of rotatable bonds is 6. The number of hydrogen-bond donors (Lipinski definition) is 1. The molecule has 0 unspecified atom stereocenters. The molecule has 0 fully saturated rings. The van der Waals surface area contributed by atoms with Crippen molar-refractivity contribution in [3.63, 3.8) is 0 Å². The molecule has 0 aliphatic carbocycles. The number of aryl methyl sites for hydroxylation is 1.